The van der Waals surface area contributed by atoms with Crippen LogP contribution in [-0.2, 0) is 11.2 Å². The van der Waals surface area contributed by atoms with E-state index >= 15 is 0 Å². The van der Waals surface area contributed by atoms with Gasteiger partial charge in [0.2, 0.25) is 5.91 Å². The van der Waals surface area contributed by atoms with Crippen LogP contribution < -0.4 is 4.90 Å². The summed E-state index contributed by atoms with van der Waals surface area (Å²) >= 11 is 0. The molecule has 3 nitrogen and oxygen atoms in total. The Hall–Kier alpha value is -1.51. The predicted molar refractivity (Wildman–Crippen MR) is 68.3 cm³/mol. The first-order valence-electron chi connectivity index (χ1n) is 6.35. The lowest BCUT2D eigenvalue weighted by Gasteiger charge is -2.21. The van der Waals surface area contributed by atoms with E-state index in [9.17, 15) is 9.90 Å². The van der Waals surface area contributed by atoms with Gasteiger partial charge in [0.15, 0.2) is 0 Å². The first-order valence-corrected chi connectivity index (χ1v) is 6.35. The zero-order valence-electron chi connectivity index (χ0n) is 10.3. The number of aryl methyl sites for hydroxylation is 1. The molecule has 0 unspecified atom stereocenters. The van der Waals surface area contributed by atoms with E-state index in [1.807, 2.05) is 12.1 Å². The predicted octanol–water partition coefficient (Wildman–Crippen LogP) is 2.86. The van der Waals surface area contributed by atoms with Crippen molar-refractivity contribution in [3.8, 4) is 5.75 Å². The van der Waals surface area contributed by atoms with E-state index < -0.39 is 0 Å². The van der Waals surface area contributed by atoms with Gasteiger partial charge in [0.1, 0.15) is 5.75 Å². The van der Waals surface area contributed by atoms with Crippen molar-refractivity contribution in [2.24, 2.45) is 0 Å². The molecule has 0 radical (unpaired) electrons. The highest BCUT2D eigenvalue weighted by atomic mass is 16.3. The quantitative estimate of drug-likeness (QED) is 0.868. The number of para-hydroxylation sites is 1. The number of unbranched alkanes of at least 4 members (excludes halogenated alkanes) is 1. The molecule has 0 saturated carbocycles. The highest BCUT2D eigenvalue weighted by Gasteiger charge is 2.25. The number of rotatable bonds is 4. The van der Waals surface area contributed by atoms with Gasteiger partial charge >= 0.3 is 0 Å². The topological polar surface area (TPSA) is 40.5 Å². The fourth-order valence-corrected chi connectivity index (χ4v) is 2.34. The third kappa shape index (κ3) is 2.43. The zero-order valence-corrected chi connectivity index (χ0v) is 10.3. The normalized spacial score (nSPS) is 15.6. The van der Waals surface area contributed by atoms with Crippen LogP contribution in [0.3, 0.4) is 0 Å². The van der Waals surface area contributed by atoms with Crippen molar-refractivity contribution in [3.63, 3.8) is 0 Å². The molecule has 0 atom stereocenters. The molecule has 1 fully saturated rings. The number of phenols is 1. The van der Waals surface area contributed by atoms with Crippen LogP contribution in [0.15, 0.2) is 18.2 Å². The number of carbonyl (C=O) groups excluding carboxylic acids is 1. The van der Waals surface area contributed by atoms with Crippen molar-refractivity contribution in [1.29, 1.82) is 0 Å². The molecule has 17 heavy (non-hydrogen) atoms. The first kappa shape index (κ1) is 12.0. The molecule has 1 amide bonds. The zero-order chi connectivity index (χ0) is 12.3. The van der Waals surface area contributed by atoms with Crippen molar-refractivity contribution in [1.82, 2.24) is 0 Å². The van der Waals surface area contributed by atoms with Gasteiger partial charge in [0.05, 0.1) is 5.69 Å². The van der Waals surface area contributed by atoms with Gasteiger partial charge < -0.3 is 10.0 Å². The van der Waals surface area contributed by atoms with Crippen molar-refractivity contribution in [2.75, 3.05) is 11.4 Å². The SMILES string of the molecule is CCCCc1cccc(O)c1N1CCCC1=O. The summed E-state index contributed by atoms with van der Waals surface area (Å²) < 4.78 is 0. The van der Waals surface area contributed by atoms with Crippen LogP contribution in [0.1, 0.15) is 38.2 Å². The molecule has 0 bridgehead atoms. The van der Waals surface area contributed by atoms with Gasteiger partial charge in [-0.1, -0.05) is 25.5 Å². The lowest BCUT2D eigenvalue weighted by Crippen LogP contribution is -2.25. The molecule has 0 spiro atoms. The minimum atomic E-state index is 0.129. The Morgan fingerprint density at radius 3 is 2.88 bits per heavy atom. The highest BCUT2D eigenvalue weighted by molar-refractivity contribution is 5.97. The standard InChI is InChI=1S/C14H19NO2/c1-2-3-6-11-7-4-8-12(16)14(11)15-10-5-9-13(15)17/h4,7-8,16H,2-3,5-6,9-10H2,1H3. The van der Waals surface area contributed by atoms with Crippen LogP contribution in [0.25, 0.3) is 0 Å². The number of phenolic OH excluding ortho intramolecular Hbond substituents is 1. The number of amides is 1. The summed E-state index contributed by atoms with van der Waals surface area (Å²) in [5, 5.41) is 9.97. The van der Waals surface area contributed by atoms with Crippen LogP contribution in [0.5, 0.6) is 5.75 Å². The van der Waals surface area contributed by atoms with Crippen LogP contribution in [0.4, 0.5) is 5.69 Å². The summed E-state index contributed by atoms with van der Waals surface area (Å²) in [6.07, 6.45) is 4.60. The molecular formula is C14H19NO2. The Morgan fingerprint density at radius 1 is 1.41 bits per heavy atom. The third-order valence-electron chi connectivity index (χ3n) is 3.24. The maximum absolute atomic E-state index is 11.8. The summed E-state index contributed by atoms with van der Waals surface area (Å²) in [5.41, 5.74) is 1.82. The lowest BCUT2D eigenvalue weighted by molar-refractivity contribution is -0.117. The van der Waals surface area contributed by atoms with Crippen LogP contribution >= 0.6 is 0 Å². The average Bonchev–Trinajstić information content (AvgIpc) is 2.73. The van der Waals surface area contributed by atoms with Gasteiger partial charge in [-0.25, -0.2) is 0 Å². The second-order valence-corrected chi connectivity index (χ2v) is 4.54. The maximum Gasteiger partial charge on any atom is 0.227 e. The number of carbonyl (C=O) groups is 1. The Kier molecular flexibility index (Phi) is 3.67. The summed E-state index contributed by atoms with van der Waals surface area (Å²) in [4.78, 5) is 13.5. The number of hydrogen-bond acceptors (Lipinski definition) is 2. The van der Waals surface area contributed by atoms with Gasteiger partial charge in [0.25, 0.3) is 0 Å². The molecule has 3 heteroatoms. The molecule has 0 aliphatic carbocycles. The minimum Gasteiger partial charge on any atom is -0.506 e. The number of benzene rings is 1. The van der Waals surface area contributed by atoms with Crippen molar-refractivity contribution >= 4 is 11.6 Å². The smallest absolute Gasteiger partial charge is 0.227 e. The molecule has 1 aromatic carbocycles. The molecule has 1 aliphatic heterocycles. The van der Waals surface area contributed by atoms with Gasteiger partial charge in [0, 0.05) is 13.0 Å². The fraction of sp³-hybridized carbons (Fsp3) is 0.500. The molecule has 1 saturated heterocycles. The maximum atomic E-state index is 11.8. The molecule has 0 aromatic heterocycles. The molecular weight excluding hydrogens is 214 g/mol. The van der Waals surface area contributed by atoms with E-state index in [-0.39, 0.29) is 11.7 Å². The van der Waals surface area contributed by atoms with Crippen LogP contribution in [0.2, 0.25) is 0 Å². The average molecular weight is 233 g/mol. The summed E-state index contributed by atoms with van der Waals surface area (Å²) in [6.45, 7) is 2.87. The van der Waals surface area contributed by atoms with Crippen molar-refractivity contribution < 1.29 is 9.90 Å². The minimum absolute atomic E-state index is 0.129. The van der Waals surface area contributed by atoms with E-state index in [2.05, 4.69) is 6.92 Å². The summed E-state index contributed by atoms with van der Waals surface area (Å²) in [6, 6.07) is 5.52. The Bertz CT molecular complexity index is 415. The second kappa shape index (κ2) is 5.21. The Labute approximate surface area is 102 Å². The van der Waals surface area contributed by atoms with Crippen LogP contribution in [-0.4, -0.2) is 17.6 Å². The fourth-order valence-electron chi connectivity index (χ4n) is 2.34. The molecule has 1 aliphatic rings. The van der Waals surface area contributed by atoms with Crippen molar-refractivity contribution in [3.05, 3.63) is 23.8 Å². The number of anilines is 1. The van der Waals surface area contributed by atoms with Gasteiger partial charge in [-0.05, 0) is 30.9 Å². The molecule has 92 valence electrons. The second-order valence-electron chi connectivity index (χ2n) is 4.54. The summed E-state index contributed by atoms with van der Waals surface area (Å²) in [7, 11) is 0. The summed E-state index contributed by atoms with van der Waals surface area (Å²) in [5.74, 6) is 0.359. The van der Waals surface area contributed by atoms with Gasteiger partial charge in [-0.15, -0.1) is 0 Å². The van der Waals surface area contributed by atoms with E-state index in [1.165, 1.54) is 0 Å². The number of nitrogens with zero attached hydrogens (tertiary/aromatic N) is 1. The lowest BCUT2D eigenvalue weighted by atomic mass is 10.0. The Balaban J connectivity index is 2.32. The molecule has 1 heterocycles. The van der Waals surface area contributed by atoms with Gasteiger partial charge in [-0.2, -0.15) is 0 Å². The molecule has 1 aromatic rings. The number of aromatic hydroxyl groups is 1. The van der Waals surface area contributed by atoms with E-state index in [1.54, 1.807) is 11.0 Å². The highest BCUT2D eigenvalue weighted by Crippen LogP contribution is 2.34. The first-order chi connectivity index (χ1) is 8.24. The number of hydrogen-bond donors (Lipinski definition) is 1. The van der Waals surface area contributed by atoms with Crippen molar-refractivity contribution in [2.45, 2.75) is 39.0 Å². The van der Waals surface area contributed by atoms with E-state index in [0.717, 1.165) is 43.5 Å². The van der Waals surface area contributed by atoms with Gasteiger partial charge in [-0.3, -0.25) is 4.79 Å². The molecule has 1 N–H and O–H groups in total. The third-order valence-corrected chi connectivity index (χ3v) is 3.24. The largest absolute Gasteiger partial charge is 0.506 e. The Morgan fingerprint density at radius 2 is 2.24 bits per heavy atom. The van der Waals surface area contributed by atoms with E-state index in [4.69, 9.17) is 0 Å². The monoisotopic (exact) mass is 233 g/mol. The molecule has 2 rings (SSSR count). The van der Waals surface area contributed by atoms with Crippen LogP contribution in [0, 0.1) is 0 Å². The van der Waals surface area contributed by atoms with E-state index in [0.29, 0.717) is 6.42 Å².